The van der Waals surface area contributed by atoms with Crippen molar-refractivity contribution in [3.63, 3.8) is 0 Å². The number of fused-ring (bicyclic) bond motifs is 5. The zero-order chi connectivity index (χ0) is 52.4. The Morgan fingerprint density at radius 3 is 1.58 bits per heavy atom. The molecule has 1 heterocycles. The molecule has 0 N–H and O–H groups in total. The van der Waals surface area contributed by atoms with Gasteiger partial charge in [0.2, 0.25) is 0 Å². The van der Waals surface area contributed by atoms with Gasteiger partial charge in [-0.2, -0.15) is 0 Å². The van der Waals surface area contributed by atoms with Crippen LogP contribution < -0.4 is 0 Å². The molecule has 0 bridgehead atoms. The van der Waals surface area contributed by atoms with E-state index in [-0.39, 0.29) is 21.9 Å². The lowest BCUT2D eigenvalue weighted by molar-refractivity contribution is 0.669. The van der Waals surface area contributed by atoms with Gasteiger partial charge in [-0.3, -0.25) is 0 Å². The van der Waals surface area contributed by atoms with E-state index in [1.807, 2.05) is 0 Å². The number of benzene rings is 8. The molecule has 0 atom stereocenters. The molecule has 0 saturated heterocycles. The third-order valence-corrected chi connectivity index (χ3v) is 7.25. The van der Waals surface area contributed by atoms with Crippen molar-refractivity contribution in [2.45, 2.75) is 0 Å². The van der Waals surface area contributed by atoms with Crippen LogP contribution in [0.2, 0.25) is 0 Å². The average Bonchev–Trinajstić information content (AvgIpc) is 3.70. The Hall–Kier alpha value is -5.92. The van der Waals surface area contributed by atoms with Crippen LogP contribution in [0.5, 0.6) is 0 Å². The monoisotopic (exact) mass is 598 g/mol. The summed E-state index contributed by atoms with van der Waals surface area (Å²) in [6.45, 7) is 0. The van der Waals surface area contributed by atoms with E-state index in [0.717, 1.165) is 12.1 Å². The molecule has 1 heteroatoms. The highest BCUT2D eigenvalue weighted by atomic mass is 16.3. The van der Waals surface area contributed by atoms with E-state index in [2.05, 4.69) is 0 Å². The third-order valence-electron chi connectivity index (χ3n) is 7.25. The van der Waals surface area contributed by atoms with Gasteiger partial charge < -0.3 is 4.42 Å². The molecular weight excluding hydrogens is 544 g/mol. The molecule has 1 aromatic heterocycles. The summed E-state index contributed by atoms with van der Waals surface area (Å²) in [5.74, 6) is 0. The first-order chi connectivity index (χ1) is 33.1. The van der Waals surface area contributed by atoms with Gasteiger partial charge in [0.15, 0.2) is 0 Å². The van der Waals surface area contributed by atoms with Gasteiger partial charge in [0.05, 0.1) is 35.6 Å². The molecule has 8 aromatic carbocycles. The molecule has 1 nitrogen and oxygen atoms in total. The quantitative estimate of drug-likeness (QED) is 0.184. The van der Waals surface area contributed by atoms with Crippen molar-refractivity contribution >= 4 is 43.5 Å². The Morgan fingerprint density at radius 2 is 0.911 bits per heavy atom. The maximum absolute atomic E-state index is 9.62. The summed E-state index contributed by atoms with van der Waals surface area (Å²) in [7, 11) is 0. The number of hydrogen-bond acceptors (Lipinski definition) is 1. The van der Waals surface area contributed by atoms with Gasteiger partial charge in [-0.15, -0.1) is 0 Å². The van der Waals surface area contributed by atoms with Crippen molar-refractivity contribution in [2.24, 2.45) is 0 Å². The molecule has 210 valence electrons. The maximum Gasteiger partial charge on any atom is 0.136 e. The highest BCUT2D eigenvalue weighted by molar-refractivity contribution is 6.25. The van der Waals surface area contributed by atoms with Gasteiger partial charge in [0.1, 0.15) is 11.2 Å². The van der Waals surface area contributed by atoms with Crippen LogP contribution in [0.4, 0.5) is 0 Å². The van der Waals surface area contributed by atoms with Gasteiger partial charge in [-0.1, -0.05) is 145 Å². The molecule has 0 unspecified atom stereocenters. The van der Waals surface area contributed by atoms with Crippen molar-refractivity contribution in [2.75, 3.05) is 0 Å². The third kappa shape index (κ3) is 4.17. The Bertz CT molecular complexity index is 3870. The summed E-state index contributed by atoms with van der Waals surface area (Å²) in [4.78, 5) is 0. The van der Waals surface area contributed by atoms with E-state index < -0.39 is 223 Å². The van der Waals surface area contributed by atoms with Gasteiger partial charge in [0.25, 0.3) is 0 Å². The molecule has 0 fully saturated rings. The molecule has 9 aromatic rings. The normalized spacial score (nSPS) is 19.6. The first kappa shape index (κ1) is 10.6. The fraction of sp³-hybridized carbons (Fsp3) is 0. The van der Waals surface area contributed by atoms with Crippen molar-refractivity contribution in [1.29, 1.82) is 0 Å². The summed E-state index contributed by atoms with van der Waals surface area (Å²) >= 11 is 0. The standard InChI is InChI=1S/C44H28O/c1-3-13-29(14-4-1)31-17-11-18-33(27-31)42-34-19-7-9-21-36(34)43(37-22-10-8-20-35(37)42)39-23-12-24-40-44(39)38-26-25-32(28-41(38)45-40)30-15-5-2-6-16-30/h1-28H/i1D,2D,3D,4D,5D,6D,7D,8D,9D,10D,11D,12D,13D,14D,15D,16D,17D,18D,19D,20D,21D,22D,23D,24D,25D,27D. The average molecular weight is 599 g/mol. The fourth-order valence-corrected chi connectivity index (χ4v) is 5.39. The lowest BCUT2D eigenvalue weighted by Crippen LogP contribution is -1.91. The molecule has 0 radical (unpaired) electrons. The number of rotatable bonds is 4. The van der Waals surface area contributed by atoms with Gasteiger partial charge in [-0.25, -0.2) is 0 Å². The molecule has 0 saturated carbocycles. The minimum atomic E-state index is -1.02. The molecule has 9 rings (SSSR count). The highest BCUT2D eigenvalue weighted by Crippen LogP contribution is 2.47. The van der Waals surface area contributed by atoms with Crippen molar-refractivity contribution in [3.8, 4) is 44.5 Å². The molecular formula is C44H28O. The van der Waals surface area contributed by atoms with Crippen LogP contribution in [0.1, 0.15) is 35.6 Å². The first-order valence-corrected chi connectivity index (χ1v) is 13.3. The predicted molar refractivity (Wildman–Crippen MR) is 190 cm³/mol. The van der Waals surface area contributed by atoms with Crippen molar-refractivity contribution in [3.05, 3.63) is 169 Å². The van der Waals surface area contributed by atoms with Gasteiger partial charge in [-0.05, 0) is 90.3 Å². The van der Waals surface area contributed by atoms with E-state index in [0.29, 0.717) is 0 Å². The molecule has 0 spiro atoms. The van der Waals surface area contributed by atoms with Crippen LogP contribution in [-0.4, -0.2) is 0 Å². The van der Waals surface area contributed by atoms with E-state index in [9.17, 15) is 9.60 Å². The largest absolute Gasteiger partial charge is 0.456 e. The summed E-state index contributed by atoms with van der Waals surface area (Å²) in [5, 5.41) is -3.14. The van der Waals surface area contributed by atoms with Crippen molar-refractivity contribution in [1.82, 2.24) is 0 Å². The lowest BCUT2D eigenvalue weighted by atomic mass is 9.84. The summed E-state index contributed by atoms with van der Waals surface area (Å²) in [5.41, 5.74) is -5.60. The molecule has 0 aliphatic heterocycles. The van der Waals surface area contributed by atoms with Gasteiger partial charge in [0, 0.05) is 10.8 Å². The van der Waals surface area contributed by atoms with E-state index in [1.54, 1.807) is 0 Å². The zero-order valence-corrected chi connectivity index (χ0v) is 22.6. The molecule has 45 heavy (non-hydrogen) atoms. The minimum absolute atomic E-state index is 0.139. The zero-order valence-electron chi connectivity index (χ0n) is 48.6. The van der Waals surface area contributed by atoms with Crippen LogP contribution in [0.15, 0.2) is 174 Å². The van der Waals surface area contributed by atoms with Crippen LogP contribution in [-0.2, 0) is 0 Å². The second-order valence-electron chi connectivity index (χ2n) is 9.68. The predicted octanol–water partition coefficient (Wildman–Crippen LogP) is 12.6. The second-order valence-corrected chi connectivity index (χ2v) is 9.68. The SMILES string of the molecule is [2H]c1cc2c(cc1-c1c([2H])c([2H])c([2H])c([2H])c1[2H])oc1c([2H])c([2H])c([2H])c(-c3c4c([2H])c([2H])c([2H])c([2H])c4c(-c4c([2H])c([2H])c([2H])c(-c5c([2H])c([2H])c([2H])c([2H])c5[2H])c4[2H])c4c([2H])c([2H])c([2H])c([2H])c34)c12. The smallest absolute Gasteiger partial charge is 0.136 e. The summed E-state index contributed by atoms with van der Waals surface area (Å²) in [6.07, 6.45) is 0. The van der Waals surface area contributed by atoms with E-state index in [4.69, 9.17) is 30.5 Å². The number of hydrogen-bond donors (Lipinski definition) is 0. The van der Waals surface area contributed by atoms with Crippen LogP contribution >= 0.6 is 0 Å². The molecule has 0 amide bonds. The van der Waals surface area contributed by atoms with Crippen LogP contribution in [0.3, 0.4) is 0 Å². The molecule has 0 aliphatic carbocycles. The van der Waals surface area contributed by atoms with Gasteiger partial charge >= 0.3 is 0 Å². The van der Waals surface area contributed by atoms with E-state index in [1.165, 1.54) is 0 Å². The molecule has 0 aliphatic rings. The number of furan rings is 1. The van der Waals surface area contributed by atoms with Crippen LogP contribution in [0, 0.1) is 0 Å². The highest BCUT2D eigenvalue weighted by Gasteiger charge is 2.20. The van der Waals surface area contributed by atoms with Crippen LogP contribution in [0.25, 0.3) is 88.0 Å². The topological polar surface area (TPSA) is 13.1 Å². The summed E-state index contributed by atoms with van der Waals surface area (Å²) in [6, 6.07) is -20.3. The van der Waals surface area contributed by atoms with E-state index >= 15 is 0 Å². The Morgan fingerprint density at radius 1 is 0.378 bits per heavy atom. The Kier molecular flexibility index (Phi) is 2.44. The summed E-state index contributed by atoms with van der Waals surface area (Å²) < 4.78 is 237. The maximum atomic E-state index is 9.62. The van der Waals surface area contributed by atoms with Crippen molar-refractivity contribution < 1.29 is 40.1 Å². The fourth-order valence-electron chi connectivity index (χ4n) is 5.39. The Labute approximate surface area is 298 Å². The Balaban J connectivity index is 1.57. The minimum Gasteiger partial charge on any atom is -0.456 e. The second kappa shape index (κ2) is 10.4. The lowest BCUT2D eigenvalue weighted by Gasteiger charge is -2.18. The first-order valence-electron chi connectivity index (χ1n) is 26.3.